The Kier molecular flexibility index (Phi) is 3.78. The maximum atomic E-state index is 10.9. The fourth-order valence-corrected chi connectivity index (χ4v) is 2.99. The largest absolute Gasteiger partial charge is 0.481 e. The fourth-order valence-electron chi connectivity index (χ4n) is 2.10. The smallest absolute Gasteiger partial charge is 0.307 e. The molecule has 1 aliphatic rings. The van der Waals surface area contributed by atoms with E-state index in [1.165, 1.54) is 0 Å². The Morgan fingerprint density at radius 2 is 1.93 bits per heavy atom. The van der Waals surface area contributed by atoms with Crippen LogP contribution in [-0.2, 0) is 4.79 Å². The number of carboxylic acid groups (broad SMARTS) is 1. The SMILES string of the molecule is CC1(C)[C@@H](C(=O)O)C[C@@H]1C(Cl)C(Cl)(Cl)Cl. The Morgan fingerprint density at radius 3 is 2.20 bits per heavy atom. The van der Waals surface area contributed by atoms with Crippen LogP contribution >= 0.6 is 46.4 Å². The lowest BCUT2D eigenvalue weighted by molar-refractivity contribution is -0.158. The highest BCUT2D eigenvalue weighted by molar-refractivity contribution is 6.70. The van der Waals surface area contributed by atoms with E-state index in [1.807, 2.05) is 13.8 Å². The Morgan fingerprint density at radius 1 is 1.47 bits per heavy atom. The lowest BCUT2D eigenvalue weighted by Gasteiger charge is -2.52. The second-order valence-electron chi connectivity index (χ2n) is 4.50. The zero-order valence-electron chi connectivity index (χ0n) is 8.31. The van der Waals surface area contributed by atoms with Crippen molar-refractivity contribution in [1.29, 1.82) is 0 Å². The van der Waals surface area contributed by atoms with Crippen LogP contribution in [0.1, 0.15) is 20.3 Å². The molecule has 0 bridgehead atoms. The minimum atomic E-state index is -1.55. The van der Waals surface area contributed by atoms with Crippen molar-refractivity contribution in [2.24, 2.45) is 17.3 Å². The van der Waals surface area contributed by atoms with E-state index >= 15 is 0 Å². The third-order valence-corrected chi connectivity index (χ3v) is 4.98. The van der Waals surface area contributed by atoms with Crippen molar-refractivity contribution >= 4 is 52.4 Å². The van der Waals surface area contributed by atoms with Gasteiger partial charge >= 0.3 is 5.97 Å². The molecule has 0 heterocycles. The molecule has 1 rings (SSSR count). The molecule has 1 aliphatic carbocycles. The van der Waals surface area contributed by atoms with E-state index in [0.717, 1.165) is 0 Å². The summed E-state index contributed by atoms with van der Waals surface area (Å²) in [5.74, 6) is -1.31. The van der Waals surface area contributed by atoms with Crippen molar-refractivity contribution in [2.75, 3.05) is 0 Å². The van der Waals surface area contributed by atoms with Crippen LogP contribution in [0.2, 0.25) is 0 Å². The van der Waals surface area contributed by atoms with Gasteiger partial charge in [0.25, 0.3) is 0 Å². The molecule has 0 aromatic rings. The van der Waals surface area contributed by atoms with Crippen LogP contribution in [0.25, 0.3) is 0 Å². The summed E-state index contributed by atoms with van der Waals surface area (Å²) in [6, 6.07) is 0. The summed E-state index contributed by atoms with van der Waals surface area (Å²) in [4.78, 5) is 10.9. The number of hydrogen-bond acceptors (Lipinski definition) is 1. The maximum Gasteiger partial charge on any atom is 0.307 e. The molecule has 0 spiro atoms. The molecule has 2 nitrogen and oxygen atoms in total. The predicted molar refractivity (Wildman–Crippen MR) is 62.9 cm³/mol. The number of carbonyl (C=O) groups is 1. The van der Waals surface area contributed by atoms with Crippen molar-refractivity contribution in [2.45, 2.75) is 29.4 Å². The first-order chi connectivity index (χ1) is 6.58. The number of aliphatic carboxylic acids is 1. The van der Waals surface area contributed by atoms with Gasteiger partial charge in [0.2, 0.25) is 3.79 Å². The first kappa shape index (κ1) is 13.7. The summed E-state index contributed by atoms with van der Waals surface area (Å²) in [7, 11) is 0. The van der Waals surface area contributed by atoms with Crippen LogP contribution in [-0.4, -0.2) is 20.2 Å². The molecular weight excluding hydrogens is 282 g/mol. The minimum absolute atomic E-state index is 0.0900. The van der Waals surface area contributed by atoms with Crippen LogP contribution in [0.5, 0.6) is 0 Å². The molecule has 0 aromatic heterocycles. The topological polar surface area (TPSA) is 37.3 Å². The first-order valence-corrected chi connectivity index (χ1v) is 6.09. The second-order valence-corrected chi connectivity index (χ2v) is 7.34. The molecule has 0 amide bonds. The Hall–Kier alpha value is 0.630. The Bertz CT molecular complexity index is 272. The van der Waals surface area contributed by atoms with Crippen LogP contribution in [0.4, 0.5) is 0 Å². The zero-order valence-corrected chi connectivity index (χ0v) is 11.3. The highest BCUT2D eigenvalue weighted by atomic mass is 35.6. The van der Waals surface area contributed by atoms with Gasteiger partial charge in [-0.25, -0.2) is 0 Å². The van der Waals surface area contributed by atoms with Gasteiger partial charge in [-0.1, -0.05) is 48.7 Å². The first-order valence-electron chi connectivity index (χ1n) is 4.52. The molecule has 1 saturated carbocycles. The molecule has 0 aromatic carbocycles. The molecule has 88 valence electrons. The third kappa shape index (κ3) is 2.49. The quantitative estimate of drug-likeness (QED) is 0.788. The van der Waals surface area contributed by atoms with E-state index in [1.54, 1.807) is 0 Å². The van der Waals surface area contributed by atoms with Gasteiger partial charge in [0.05, 0.1) is 11.3 Å². The second kappa shape index (κ2) is 4.14. The van der Waals surface area contributed by atoms with Crippen LogP contribution in [0.15, 0.2) is 0 Å². The average molecular weight is 294 g/mol. The molecule has 1 unspecified atom stereocenters. The van der Waals surface area contributed by atoms with Gasteiger partial charge in [0.15, 0.2) is 0 Å². The zero-order chi connectivity index (χ0) is 12.0. The van der Waals surface area contributed by atoms with Gasteiger partial charge in [-0.05, 0) is 17.8 Å². The lowest BCUT2D eigenvalue weighted by Crippen LogP contribution is -2.54. The summed E-state index contributed by atoms with van der Waals surface area (Å²) in [5.41, 5.74) is -0.428. The lowest BCUT2D eigenvalue weighted by atomic mass is 9.54. The van der Waals surface area contributed by atoms with E-state index in [2.05, 4.69) is 0 Å². The molecule has 6 heteroatoms. The van der Waals surface area contributed by atoms with E-state index in [9.17, 15) is 4.79 Å². The summed E-state index contributed by atoms with van der Waals surface area (Å²) < 4.78 is -1.55. The summed E-state index contributed by atoms with van der Waals surface area (Å²) in [5, 5.41) is 8.27. The van der Waals surface area contributed by atoms with Crippen LogP contribution < -0.4 is 0 Å². The molecule has 3 atom stereocenters. The van der Waals surface area contributed by atoms with Gasteiger partial charge in [0.1, 0.15) is 0 Å². The van der Waals surface area contributed by atoms with Gasteiger partial charge in [0, 0.05) is 0 Å². The molecule has 0 saturated heterocycles. The van der Waals surface area contributed by atoms with Gasteiger partial charge in [-0.2, -0.15) is 0 Å². The summed E-state index contributed by atoms with van der Waals surface area (Å²) in [6.07, 6.45) is 0.463. The summed E-state index contributed by atoms with van der Waals surface area (Å²) in [6.45, 7) is 3.68. The third-order valence-electron chi connectivity index (χ3n) is 3.31. The molecule has 1 fully saturated rings. The molecule has 0 radical (unpaired) electrons. The number of halogens is 4. The molecule has 0 aliphatic heterocycles. The van der Waals surface area contributed by atoms with E-state index in [-0.39, 0.29) is 5.92 Å². The highest BCUT2D eigenvalue weighted by Crippen LogP contribution is 2.57. The molecule has 15 heavy (non-hydrogen) atoms. The van der Waals surface area contributed by atoms with Crippen LogP contribution in [0.3, 0.4) is 0 Å². The molecule has 1 N–H and O–H groups in total. The van der Waals surface area contributed by atoms with E-state index in [0.29, 0.717) is 6.42 Å². The minimum Gasteiger partial charge on any atom is -0.481 e. The average Bonchev–Trinajstić information content (AvgIpc) is 1.99. The number of hydrogen-bond donors (Lipinski definition) is 1. The van der Waals surface area contributed by atoms with Gasteiger partial charge in [-0.3, -0.25) is 4.79 Å². The van der Waals surface area contributed by atoms with Gasteiger partial charge < -0.3 is 5.11 Å². The number of carboxylic acids is 1. The standard InChI is InChI=1S/C9H12Cl4O2/c1-8(2)4(3-5(8)7(14)15)6(10)9(11,12)13/h4-6H,3H2,1-2H3,(H,14,15)/t4-,5-,6?/m1/s1. The van der Waals surface area contributed by atoms with Crippen molar-refractivity contribution < 1.29 is 9.90 Å². The molecular formula is C9H12Cl4O2. The normalized spacial score (nSPS) is 31.9. The Balaban J connectivity index is 2.75. The fraction of sp³-hybridized carbons (Fsp3) is 0.889. The van der Waals surface area contributed by atoms with Crippen molar-refractivity contribution in [3.05, 3.63) is 0 Å². The Labute approximate surface area is 109 Å². The van der Waals surface area contributed by atoms with Crippen molar-refractivity contribution in [3.8, 4) is 0 Å². The number of alkyl halides is 4. The van der Waals surface area contributed by atoms with Crippen LogP contribution in [0, 0.1) is 17.3 Å². The van der Waals surface area contributed by atoms with Crippen molar-refractivity contribution in [1.82, 2.24) is 0 Å². The predicted octanol–water partition coefficient (Wildman–Crippen LogP) is 3.71. The maximum absolute atomic E-state index is 10.9. The van der Waals surface area contributed by atoms with E-state index in [4.69, 9.17) is 51.5 Å². The highest BCUT2D eigenvalue weighted by Gasteiger charge is 2.57. The van der Waals surface area contributed by atoms with E-state index < -0.39 is 26.5 Å². The number of rotatable bonds is 2. The van der Waals surface area contributed by atoms with Gasteiger partial charge in [-0.15, -0.1) is 11.6 Å². The van der Waals surface area contributed by atoms with Crippen molar-refractivity contribution in [3.63, 3.8) is 0 Å². The summed E-state index contributed by atoms with van der Waals surface area (Å²) >= 11 is 23.1. The monoisotopic (exact) mass is 292 g/mol.